The van der Waals surface area contributed by atoms with Crippen molar-refractivity contribution in [3.8, 4) is 11.3 Å². The summed E-state index contributed by atoms with van der Waals surface area (Å²) < 4.78 is 27.6. The molecule has 0 aliphatic carbocycles. The fraction of sp³-hybridized carbons (Fsp3) is 0.0526. The van der Waals surface area contributed by atoms with Crippen LogP contribution in [0.5, 0.6) is 0 Å². The summed E-state index contributed by atoms with van der Waals surface area (Å²) in [5, 5.41) is 9.40. The molecule has 0 atom stereocenters. The number of carbonyl (C=O) groups is 1. The first-order valence-corrected chi connectivity index (χ1v) is 9.00. The zero-order chi connectivity index (χ0) is 19.8. The third-order valence-corrected chi connectivity index (χ3v) is 4.87. The molecule has 0 unspecified atom stereocenters. The number of nitrogens with one attached hydrogen (secondary N) is 1. The molecule has 0 radical (unpaired) electrons. The summed E-state index contributed by atoms with van der Waals surface area (Å²) >= 11 is 1.13. The molecule has 4 aromatic rings. The zero-order valence-corrected chi connectivity index (χ0v) is 15.3. The van der Waals surface area contributed by atoms with Crippen LogP contribution in [-0.2, 0) is 7.05 Å². The first-order chi connectivity index (χ1) is 13.4. The Balaban J connectivity index is 1.66. The van der Waals surface area contributed by atoms with Gasteiger partial charge in [0, 0.05) is 23.4 Å². The molecule has 0 spiro atoms. The van der Waals surface area contributed by atoms with E-state index in [1.807, 2.05) is 0 Å². The maximum Gasteiger partial charge on any atom is 0.278 e. The highest BCUT2D eigenvalue weighted by Gasteiger charge is 2.17. The topological polar surface area (TPSA) is 76.9 Å². The Morgan fingerprint density at radius 2 is 1.86 bits per heavy atom. The third-order valence-electron chi connectivity index (χ3n) is 4.11. The molecule has 1 N–H and O–H groups in total. The lowest BCUT2D eigenvalue weighted by Gasteiger charge is -2.07. The van der Waals surface area contributed by atoms with Gasteiger partial charge in [-0.1, -0.05) is 18.2 Å². The lowest BCUT2D eigenvalue weighted by atomic mass is 10.1. The van der Waals surface area contributed by atoms with Crippen molar-refractivity contribution in [2.24, 2.45) is 7.05 Å². The molecule has 28 heavy (non-hydrogen) atoms. The lowest BCUT2D eigenvalue weighted by Crippen LogP contribution is -2.25. The molecule has 0 bridgehead atoms. The third kappa shape index (κ3) is 3.16. The number of carbonyl (C=O) groups excluding carboxylic acids is 1. The van der Waals surface area contributed by atoms with Crippen LogP contribution in [0.3, 0.4) is 0 Å². The van der Waals surface area contributed by atoms with Crippen molar-refractivity contribution in [1.29, 1.82) is 0 Å². The van der Waals surface area contributed by atoms with Crippen LogP contribution in [0.25, 0.3) is 22.0 Å². The van der Waals surface area contributed by atoms with Gasteiger partial charge in [-0.25, -0.2) is 18.4 Å². The molecule has 2 aromatic carbocycles. The Kier molecular flexibility index (Phi) is 4.44. The molecular formula is C19H12F2N4O2S. The Morgan fingerprint density at radius 1 is 1.11 bits per heavy atom. The summed E-state index contributed by atoms with van der Waals surface area (Å²) in [6, 6.07) is 10.2. The van der Waals surface area contributed by atoms with Gasteiger partial charge in [-0.2, -0.15) is 5.10 Å². The number of rotatable bonds is 3. The summed E-state index contributed by atoms with van der Waals surface area (Å²) in [6.45, 7) is 0. The van der Waals surface area contributed by atoms with E-state index < -0.39 is 17.5 Å². The maximum absolute atomic E-state index is 13.4. The highest BCUT2D eigenvalue weighted by atomic mass is 32.1. The minimum absolute atomic E-state index is 0.0854. The normalized spacial score (nSPS) is 11.0. The quantitative estimate of drug-likeness (QED) is 0.572. The van der Waals surface area contributed by atoms with Crippen LogP contribution in [0.1, 0.15) is 10.5 Å². The van der Waals surface area contributed by atoms with Crippen molar-refractivity contribution in [3.63, 3.8) is 0 Å². The zero-order valence-electron chi connectivity index (χ0n) is 14.4. The molecule has 140 valence electrons. The molecule has 2 aromatic heterocycles. The molecule has 0 saturated heterocycles. The molecule has 6 nitrogen and oxygen atoms in total. The number of hydrogen-bond donors (Lipinski definition) is 1. The largest absolute Gasteiger partial charge is 0.296 e. The van der Waals surface area contributed by atoms with E-state index in [-0.39, 0.29) is 16.4 Å². The predicted octanol–water partition coefficient (Wildman–Crippen LogP) is 3.59. The van der Waals surface area contributed by atoms with Crippen LogP contribution in [-0.4, -0.2) is 20.7 Å². The van der Waals surface area contributed by atoms with Crippen molar-refractivity contribution in [2.45, 2.75) is 0 Å². The molecule has 0 saturated carbocycles. The molecule has 1 amide bonds. The van der Waals surface area contributed by atoms with E-state index in [1.54, 1.807) is 29.6 Å². The van der Waals surface area contributed by atoms with Crippen molar-refractivity contribution >= 4 is 33.1 Å². The number of benzene rings is 2. The Morgan fingerprint density at radius 3 is 2.61 bits per heavy atom. The van der Waals surface area contributed by atoms with E-state index in [2.05, 4.69) is 15.4 Å². The van der Waals surface area contributed by atoms with Gasteiger partial charge in [0.15, 0.2) is 22.5 Å². The number of hydrogen-bond acceptors (Lipinski definition) is 5. The number of fused-ring (bicyclic) bond motifs is 1. The van der Waals surface area contributed by atoms with Crippen molar-refractivity contribution < 1.29 is 13.6 Å². The van der Waals surface area contributed by atoms with Gasteiger partial charge in [0.05, 0.1) is 11.1 Å². The first kappa shape index (κ1) is 17.9. The fourth-order valence-corrected chi connectivity index (χ4v) is 3.46. The summed E-state index contributed by atoms with van der Waals surface area (Å²) in [6.07, 6.45) is 0. The van der Waals surface area contributed by atoms with Gasteiger partial charge in [0.1, 0.15) is 0 Å². The number of aromatic nitrogens is 3. The van der Waals surface area contributed by atoms with Crippen molar-refractivity contribution in [1.82, 2.24) is 14.8 Å². The standard InChI is InChI=1S/C19H12F2N4O2S/c1-25-18(27)12-5-3-2-4-11(12)16(24-25)17(26)23-19-22-15(9-28-19)10-6-7-13(20)14(21)8-10/h2-9H,1H3,(H,22,23,26). The van der Waals surface area contributed by atoms with Gasteiger partial charge in [-0.15, -0.1) is 11.3 Å². The van der Waals surface area contributed by atoms with Gasteiger partial charge in [0.25, 0.3) is 11.5 Å². The second-order valence-electron chi connectivity index (χ2n) is 5.94. The Hall–Kier alpha value is -3.46. The summed E-state index contributed by atoms with van der Waals surface area (Å²) in [5.74, 6) is -2.45. The molecule has 4 rings (SSSR count). The molecule has 0 aliphatic rings. The second kappa shape index (κ2) is 6.93. The van der Waals surface area contributed by atoms with Gasteiger partial charge >= 0.3 is 0 Å². The SMILES string of the molecule is Cn1nc(C(=O)Nc2nc(-c3ccc(F)c(F)c3)cs2)c2ccccc2c1=O. The summed E-state index contributed by atoms with van der Waals surface area (Å²) in [4.78, 5) is 29.1. The number of thiazole rings is 1. The molecular weight excluding hydrogens is 386 g/mol. The lowest BCUT2D eigenvalue weighted by molar-refractivity contribution is 0.102. The highest BCUT2D eigenvalue weighted by Crippen LogP contribution is 2.26. The number of halogens is 2. The predicted molar refractivity (Wildman–Crippen MR) is 102 cm³/mol. The van der Waals surface area contributed by atoms with E-state index in [1.165, 1.54) is 13.1 Å². The number of amides is 1. The Labute approximate surface area is 161 Å². The molecule has 9 heteroatoms. The van der Waals surface area contributed by atoms with Crippen LogP contribution >= 0.6 is 11.3 Å². The summed E-state index contributed by atoms with van der Waals surface area (Å²) in [5.41, 5.74) is 0.572. The van der Waals surface area contributed by atoms with Crippen LogP contribution in [0.15, 0.2) is 52.6 Å². The average Bonchev–Trinajstić information content (AvgIpc) is 3.15. The number of aryl methyl sites for hydroxylation is 1. The van der Waals surface area contributed by atoms with Gasteiger partial charge in [-0.3, -0.25) is 14.9 Å². The Bertz CT molecular complexity index is 1280. The van der Waals surface area contributed by atoms with E-state index in [9.17, 15) is 18.4 Å². The monoisotopic (exact) mass is 398 g/mol. The average molecular weight is 398 g/mol. The van der Waals surface area contributed by atoms with E-state index >= 15 is 0 Å². The first-order valence-electron chi connectivity index (χ1n) is 8.12. The van der Waals surface area contributed by atoms with Crippen LogP contribution in [0.4, 0.5) is 13.9 Å². The molecule has 2 heterocycles. The smallest absolute Gasteiger partial charge is 0.278 e. The number of nitrogens with zero attached hydrogens (tertiary/aromatic N) is 3. The minimum Gasteiger partial charge on any atom is -0.296 e. The van der Waals surface area contributed by atoms with E-state index in [4.69, 9.17) is 0 Å². The van der Waals surface area contributed by atoms with Gasteiger partial charge in [-0.05, 0) is 24.3 Å². The van der Waals surface area contributed by atoms with E-state index in [0.717, 1.165) is 28.2 Å². The van der Waals surface area contributed by atoms with Crippen molar-refractivity contribution in [2.75, 3.05) is 5.32 Å². The summed E-state index contributed by atoms with van der Waals surface area (Å²) in [7, 11) is 1.47. The minimum atomic E-state index is -0.975. The number of anilines is 1. The second-order valence-corrected chi connectivity index (χ2v) is 6.80. The molecule has 0 aliphatic heterocycles. The maximum atomic E-state index is 13.4. The van der Waals surface area contributed by atoms with Crippen molar-refractivity contribution in [3.05, 3.63) is 75.5 Å². The van der Waals surface area contributed by atoms with Crippen LogP contribution < -0.4 is 10.9 Å². The van der Waals surface area contributed by atoms with Gasteiger partial charge < -0.3 is 0 Å². The fourth-order valence-electron chi connectivity index (χ4n) is 2.74. The highest BCUT2D eigenvalue weighted by molar-refractivity contribution is 7.14. The van der Waals surface area contributed by atoms with E-state index in [0.29, 0.717) is 22.0 Å². The van der Waals surface area contributed by atoms with Gasteiger partial charge in [0.2, 0.25) is 0 Å². The molecule has 0 fully saturated rings. The van der Waals surface area contributed by atoms with Crippen LogP contribution in [0, 0.1) is 11.6 Å². The van der Waals surface area contributed by atoms with Crippen LogP contribution in [0.2, 0.25) is 0 Å².